The highest BCUT2D eigenvalue weighted by atomic mass is 16.6. The largest absolute Gasteiger partial charge is 0.493 e. The van der Waals surface area contributed by atoms with E-state index in [1.54, 1.807) is 20.3 Å². The van der Waals surface area contributed by atoms with Gasteiger partial charge in [-0.05, 0) is 36.2 Å². The average molecular weight is 417 g/mol. The van der Waals surface area contributed by atoms with Gasteiger partial charge in [0.15, 0.2) is 17.2 Å². The molecular formula is C20H23N3O7. The Morgan fingerprint density at radius 2 is 1.60 bits per heavy atom. The van der Waals surface area contributed by atoms with Gasteiger partial charge in [-0.2, -0.15) is 0 Å². The number of rotatable bonds is 10. The molecule has 2 rings (SSSR count). The molecule has 0 atom stereocenters. The topological polar surface area (TPSA) is 129 Å². The van der Waals surface area contributed by atoms with Gasteiger partial charge in [0, 0.05) is 18.2 Å². The molecule has 0 spiro atoms. The first kappa shape index (κ1) is 22.5. The molecule has 0 bridgehead atoms. The van der Waals surface area contributed by atoms with Crippen molar-refractivity contribution in [2.45, 2.75) is 6.42 Å². The molecular weight excluding hydrogens is 394 g/mol. The van der Waals surface area contributed by atoms with Crippen LogP contribution in [0, 0.1) is 10.1 Å². The predicted molar refractivity (Wildman–Crippen MR) is 108 cm³/mol. The van der Waals surface area contributed by atoms with Gasteiger partial charge in [0.25, 0.3) is 5.91 Å². The average Bonchev–Trinajstić information content (AvgIpc) is 2.76. The van der Waals surface area contributed by atoms with E-state index in [9.17, 15) is 19.7 Å². The Balaban J connectivity index is 1.84. The predicted octanol–water partition coefficient (Wildman–Crippen LogP) is 1.71. The standard InChI is InChI=1S/C20H23N3O7/c1-28-16-7-5-14(11-15(16)23(26)27)20(25)22-12-19(24)21-9-8-13-4-6-17(29-2)18(10-13)30-3/h4-7,10-11H,8-9,12H2,1-3H3,(H,21,24)(H,22,25). The van der Waals surface area contributed by atoms with Crippen LogP contribution in [0.4, 0.5) is 5.69 Å². The number of nitrogens with one attached hydrogen (secondary N) is 2. The van der Waals surface area contributed by atoms with Crippen LogP contribution in [0.15, 0.2) is 36.4 Å². The van der Waals surface area contributed by atoms with Crippen molar-refractivity contribution in [3.63, 3.8) is 0 Å². The number of ether oxygens (including phenoxy) is 3. The van der Waals surface area contributed by atoms with E-state index in [-0.39, 0.29) is 29.5 Å². The quantitative estimate of drug-likeness (QED) is 0.445. The normalized spacial score (nSPS) is 10.1. The van der Waals surface area contributed by atoms with Crippen molar-refractivity contribution in [2.75, 3.05) is 34.4 Å². The lowest BCUT2D eigenvalue weighted by molar-refractivity contribution is -0.385. The molecule has 0 saturated carbocycles. The first-order valence-electron chi connectivity index (χ1n) is 8.97. The highest BCUT2D eigenvalue weighted by Gasteiger charge is 2.18. The van der Waals surface area contributed by atoms with Crippen molar-refractivity contribution in [1.29, 1.82) is 0 Å². The van der Waals surface area contributed by atoms with Gasteiger partial charge in [0.05, 0.1) is 32.8 Å². The zero-order valence-electron chi connectivity index (χ0n) is 16.9. The van der Waals surface area contributed by atoms with E-state index in [2.05, 4.69) is 10.6 Å². The number of hydrogen-bond donors (Lipinski definition) is 2. The fourth-order valence-corrected chi connectivity index (χ4v) is 2.68. The van der Waals surface area contributed by atoms with E-state index in [0.29, 0.717) is 24.5 Å². The zero-order chi connectivity index (χ0) is 22.1. The number of methoxy groups -OCH3 is 3. The molecule has 2 aromatic rings. The second-order valence-electron chi connectivity index (χ2n) is 6.12. The SMILES string of the molecule is COc1ccc(CCNC(=O)CNC(=O)c2ccc(OC)c([N+](=O)[O-])c2)cc1OC. The second kappa shape index (κ2) is 10.6. The van der Waals surface area contributed by atoms with Gasteiger partial charge in [0.2, 0.25) is 5.91 Å². The maximum atomic E-state index is 12.2. The monoisotopic (exact) mass is 417 g/mol. The van der Waals surface area contributed by atoms with Crippen LogP contribution in [-0.2, 0) is 11.2 Å². The Morgan fingerprint density at radius 1 is 0.933 bits per heavy atom. The van der Waals surface area contributed by atoms with Crippen molar-refractivity contribution in [3.05, 3.63) is 57.6 Å². The summed E-state index contributed by atoms with van der Waals surface area (Å²) in [6.07, 6.45) is 0.560. The fourth-order valence-electron chi connectivity index (χ4n) is 2.68. The lowest BCUT2D eigenvalue weighted by Gasteiger charge is -2.10. The third kappa shape index (κ3) is 5.84. The molecule has 0 aliphatic rings. The number of amides is 2. The Kier molecular flexibility index (Phi) is 7.98. The minimum atomic E-state index is -0.642. The van der Waals surface area contributed by atoms with Crippen LogP contribution in [-0.4, -0.2) is 51.2 Å². The third-order valence-corrected chi connectivity index (χ3v) is 4.23. The zero-order valence-corrected chi connectivity index (χ0v) is 16.9. The van der Waals surface area contributed by atoms with Gasteiger partial charge >= 0.3 is 5.69 Å². The first-order valence-corrected chi connectivity index (χ1v) is 8.97. The minimum Gasteiger partial charge on any atom is -0.493 e. The number of benzene rings is 2. The van der Waals surface area contributed by atoms with E-state index in [0.717, 1.165) is 11.6 Å². The molecule has 0 unspecified atom stereocenters. The molecule has 0 saturated heterocycles. The summed E-state index contributed by atoms with van der Waals surface area (Å²) in [6.45, 7) is 0.1000. The van der Waals surface area contributed by atoms with Crippen LogP contribution < -0.4 is 24.8 Å². The number of nitro groups is 1. The van der Waals surface area contributed by atoms with Crippen LogP contribution >= 0.6 is 0 Å². The van der Waals surface area contributed by atoms with E-state index < -0.39 is 10.8 Å². The molecule has 10 nitrogen and oxygen atoms in total. The summed E-state index contributed by atoms with van der Waals surface area (Å²) in [4.78, 5) is 34.5. The molecule has 0 radical (unpaired) electrons. The van der Waals surface area contributed by atoms with Crippen molar-refractivity contribution < 1.29 is 28.7 Å². The van der Waals surface area contributed by atoms with Crippen LogP contribution in [0.1, 0.15) is 15.9 Å². The Hall–Kier alpha value is -3.82. The second-order valence-corrected chi connectivity index (χ2v) is 6.12. The van der Waals surface area contributed by atoms with Gasteiger partial charge in [-0.1, -0.05) is 6.07 Å². The molecule has 0 aliphatic carbocycles. The van der Waals surface area contributed by atoms with Gasteiger partial charge in [-0.25, -0.2) is 0 Å². The molecule has 0 fully saturated rings. The smallest absolute Gasteiger partial charge is 0.311 e. The molecule has 30 heavy (non-hydrogen) atoms. The van der Waals surface area contributed by atoms with Crippen molar-refractivity contribution in [3.8, 4) is 17.2 Å². The summed E-state index contributed by atoms with van der Waals surface area (Å²) < 4.78 is 15.3. The van der Waals surface area contributed by atoms with Crippen molar-refractivity contribution >= 4 is 17.5 Å². The Labute approximate surface area is 173 Å². The number of carbonyl (C=O) groups excluding carboxylic acids is 2. The lowest BCUT2D eigenvalue weighted by atomic mass is 10.1. The molecule has 2 aromatic carbocycles. The summed E-state index contributed by atoms with van der Waals surface area (Å²) in [5, 5.41) is 16.2. The third-order valence-electron chi connectivity index (χ3n) is 4.23. The van der Waals surface area contributed by atoms with Gasteiger partial charge < -0.3 is 24.8 Å². The maximum absolute atomic E-state index is 12.2. The maximum Gasteiger partial charge on any atom is 0.311 e. The minimum absolute atomic E-state index is 0.0458. The van der Waals surface area contributed by atoms with Crippen LogP contribution in [0.25, 0.3) is 0 Å². The fraction of sp³-hybridized carbons (Fsp3) is 0.300. The summed E-state index contributed by atoms with van der Waals surface area (Å²) in [5.74, 6) is 0.279. The van der Waals surface area contributed by atoms with Crippen molar-refractivity contribution in [1.82, 2.24) is 10.6 Å². The highest BCUT2D eigenvalue weighted by molar-refractivity contribution is 5.97. The van der Waals surface area contributed by atoms with E-state index in [1.165, 1.54) is 19.2 Å². The molecule has 2 N–H and O–H groups in total. The first-order chi connectivity index (χ1) is 14.4. The number of hydrogen-bond acceptors (Lipinski definition) is 7. The summed E-state index contributed by atoms with van der Waals surface area (Å²) >= 11 is 0. The number of nitrogens with zero attached hydrogens (tertiary/aromatic N) is 1. The highest BCUT2D eigenvalue weighted by Crippen LogP contribution is 2.28. The summed E-state index contributed by atoms with van der Waals surface area (Å²) in [5.41, 5.74) is 0.674. The van der Waals surface area contributed by atoms with Gasteiger partial charge in [-0.15, -0.1) is 0 Å². The molecule has 2 amide bonds. The Bertz CT molecular complexity index is 931. The summed E-state index contributed by atoms with van der Waals surface area (Å²) in [7, 11) is 4.40. The van der Waals surface area contributed by atoms with Crippen molar-refractivity contribution in [2.24, 2.45) is 0 Å². The number of carbonyl (C=O) groups is 2. The van der Waals surface area contributed by atoms with E-state index >= 15 is 0 Å². The lowest BCUT2D eigenvalue weighted by Crippen LogP contribution is -2.37. The van der Waals surface area contributed by atoms with Gasteiger partial charge in [0.1, 0.15) is 0 Å². The Morgan fingerprint density at radius 3 is 2.23 bits per heavy atom. The summed E-state index contributed by atoms with van der Waals surface area (Å²) in [6, 6.07) is 9.29. The van der Waals surface area contributed by atoms with Crippen LogP contribution in [0.5, 0.6) is 17.2 Å². The van der Waals surface area contributed by atoms with Crippen LogP contribution in [0.2, 0.25) is 0 Å². The van der Waals surface area contributed by atoms with Gasteiger partial charge in [-0.3, -0.25) is 19.7 Å². The molecule has 0 aliphatic heterocycles. The molecule has 160 valence electrons. The number of nitro benzene ring substituents is 1. The molecule has 10 heteroatoms. The van der Waals surface area contributed by atoms with Crippen LogP contribution in [0.3, 0.4) is 0 Å². The molecule has 0 heterocycles. The van der Waals surface area contributed by atoms with E-state index in [4.69, 9.17) is 14.2 Å². The molecule has 0 aromatic heterocycles. The van der Waals surface area contributed by atoms with E-state index in [1.807, 2.05) is 12.1 Å².